The molecule has 0 spiro atoms. The Bertz CT molecular complexity index is 1290. The number of ether oxygens (including phenoxy) is 4. The third-order valence-electron chi connectivity index (χ3n) is 7.76. The van der Waals surface area contributed by atoms with Gasteiger partial charge in [-0.15, -0.1) is 0 Å². The highest BCUT2D eigenvalue weighted by Gasteiger charge is 2.54. The number of nitrogens with zero attached hydrogens (tertiary/aromatic N) is 5. The monoisotopic (exact) mass is 589 g/mol. The molecule has 3 aromatic rings. The predicted molar refractivity (Wildman–Crippen MR) is 132 cm³/mol. The Morgan fingerprint density at radius 2 is 1.97 bits per heavy atom. The maximum Gasteiger partial charge on any atom is 0.193 e. The van der Waals surface area contributed by atoms with Gasteiger partial charge in [-0.05, 0) is 50.7 Å². The molecule has 35 heavy (non-hydrogen) atoms. The van der Waals surface area contributed by atoms with Crippen molar-refractivity contribution in [3.63, 3.8) is 0 Å². The maximum atomic E-state index is 11.1. The molecule has 3 saturated carbocycles. The van der Waals surface area contributed by atoms with Gasteiger partial charge in [0.2, 0.25) is 0 Å². The van der Waals surface area contributed by atoms with Crippen molar-refractivity contribution in [1.29, 1.82) is 0 Å². The Hall–Kier alpha value is -2.22. The number of fused-ring (bicyclic) bond motifs is 3. The van der Waals surface area contributed by atoms with Crippen LogP contribution in [0.2, 0.25) is 0 Å². The summed E-state index contributed by atoms with van der Waals surface area (Å²) in [5.41, 5.74) is 3.09. The van der Waals surface area contributed by atoms with Crippen LogP contribution in [0.5, 0.6) is 5.75 Å². The summed E-state index contributed by atoms with van der Waals surface area (Å²) in [7, 11) is 0. The molecule has 0 radical (unpaired) electrons. The lowest BCUT2D eigenvalue weighted by molar-refractivity contribution is -0.145. The molecule has 2 aromatic heterocycles. The molecule has 0 N–H and O–H groups in total. The standard InChI is InChI=1S/C24H24IN5O5/c1-12-17-20(29-23(25)28-12)30(11-26-17)21-19-18(16(32-21)10-27-31)33-22(34-19)14-2-4-15(5-3-14)35-24-7-6-13(8-24)9-24/h2-5,11,13,16,18-19,21-22H,6-10H2,1H3/t13?,16-,18-,19-,21?,22?,24?/m1/s1. The van der Waals surface area contributed by atoms with Gasteiger partial charge >= 0.3 is 0 Å². The molecule has 2 unspecified atom stereocenters. The van der Waals surface area contributed by atoms with E-state index in [-0.39, 0.29) is 12.1 Å². The summed E-state index contributed by atoms with van der Waals surface area (Å²) >= 11 is 2.08. The molecule has 3 aliphatic carbocycles. The van der Waals surface area contributed by atoms with Crippen LogP contribution in [0.1, 0.15) is 49.5 Å². The van der Waals surface area contributed by atoms with Crippen molar-refractivity contribution in [1.82, 2.24) is 19.5 Å². The maximum absolute atomic E-state index is 11.1. The quantitative estimate of drug-likeness (QED) is 0.239. The minimum Gasteiger partial charge on any atom is -0.487 e. The van der Waals surface area contributed by atoms with Crippen LogP contribution in [0.3, 0.4) is 0 Å². The van der Waals surface area contributed by atoms with Crippen molar-refractivity contribution >= 4 is 33.8 Å². The lowest BCUT2D eigenvalue weighted by atomic mass is 9.80. The van der Waals surface area contributed by atoms with Crippen molar-refractivity contribution in [3.05, 3.63) is 50.6 Å². The van der Waals surface area contributed by atoms with Gasteiger partial charge in [0, 0.05) is 28.2 Å². The first kappa shape index (κ1) is 22.0. The van der Waals surface area contributed by atoms with Gasteiger partial charge in [-0.25, -0.2) is 15.0 Å². The third-order valence-corrected chi connectivity index (χ3v) is 8.24. The highest BCUT2D eigenvalue weighted by molar-refractivity contribution is 14.1. The van der Waals surface area contributed by atoms with E-state index in [0.717, 1.165) is 29.3 Å². The molecular formula is C24H24IN5O5. The third kappa shape index (κ3) is 3.58. The first-order chi connectivity index (χ1) is 17.0. The van der Waals surface area contributed by atoms with E-state index in [4.69, 9.17) is 18.9 Å². The van der Waals surface area contributed by atoms with Crippen molar-refractivity contribution in [2.24, 2.45) is 11.1 Å². The summed E-state index contributed by atoms with van der Waals surface area (Å²) in [5, 5.41) is 3.07. The van der Waals surface area contributed by atoms with Crippen molar-refractivity contribution < 1.29 is 18.9 Å². The van der Waals surface area contributed by atoms with Gasteiger partial charge in [-0.3, -0.25) is 4.57 Å². The van der Waals surface area contributed by atoms with Crippen LogP contribution in [0.15, 0.2) is 35.8 Å². The van der Waals surface area contributed by atoms with Gasteiger partial charge in [0.05, 0.1) is 12.0 Å². The number of rotatable bonds is 6. The molecule has 5 aliphatic rings. The highest BCUT2D eigenvalue weighted by Crippen LogP contribution is 2.54. The fourth-order valence-electron chi connectivity index (χ4n) is 6.09. The molecule has 4 heterocycles. The molecule has 1 aromatic carbocycles. The van der Waals surface area contributed by atoms with Gasteiger partial charge in [0.15, 0.2) is 22.0 Å². The molecule has 11 heteroatoms. The zero-order chi connectivity index (χ0) is 23.7. The molecule has 5 fully saturated rings. The van der Waals surface area contributed by atoms with E-state index >= 15 is 0 Å². The molecule has 10 nitrogen and oxygen atoms in total. The summed E-state index contributed by atoms with van der Waals surface area (Å²) < 4.78 is 27.6. The fraction of sp³-hybridized carbons (Fsp3) is 0.542. The van der Waals surface area contributed by atoms with E-state index in [2.05, 4.69) is 42.7 Å². The van der Waals surface area contributed by atoms with Crippen LogP contribution in [-0.2, 0) is 14.2 Å². The highest BCUT2D eigenvalue weighted by atomic mass is 127. The minimum atomic E-state index is -0.580. The normalized spacial score (nSPS) is 35.3. The van der Waals surface area contributed by atoms with Crippen LogP contribution < -0.4 is 4.74 Å². The average molecular weight is 589 g/mol. The number of hydrogen-bond acceptors (Lipinski definition) is 9. The molecule has 0 amide bonds. The second-order valence-corrected chi connectivity index (χ2v) is 10.9. The molecule has 182 valence electrons. The number of aryl methyl sites for hydroxylation is 1. The summed E-state index contributed by atoms with van der Waals surface area (Å²) in [6, 6.07) is 7.94. The number of benzene rings is 1. The van der Waals surface area contributed by atoms with E-state index in [9.17, 15) is 4.91 Å². The zero-order valence-electron chi connectivity index (χ0n) is 19.0. The van der Waals surface area contributed by atoms with Gasteiger partial charge in [-0.1, -0.05) is 17.3 Å². The fourth-order valence-corrected chi connectivity index (χ4v) is 6.68. The lowest BCUT2D eigenvalue weighted by Gasteiger charge is -2.38. The largest absolute Gasteiger partial charge is 0.487 e. The summed E-state index contributed by atoms with van der Waals surface area (Å²) in [5.74, 6) is 1.73. The van der Waals surface area contributed by atoms with Crippen LogP contribution in [-0.4, -0.2) is 50.0 Å². The van der Waals surface area contributed by atoms with Crippen molar-refractivity contribution in [2.75, 3.05) is 6.54 Å². The first-order valence-corrected chi connectivity index (χ1v) is 13.0. The van der Waals surface area contributed by atoms with Gasteiger partial charge in [0.1, 0.15) is 41.7 Å². The minimum absolute atomic E-state index is 0.0260. The lowest BCUT2D eigenvalue weighted by Crippen LogP contribution is -2.41. The second kappa shape index (κ2) is 8.15. The number of hydrogen-bond donors (Lipinski definition) is 0. The Labute approximate surface area is 214 Å². The number of nitroso groups, excluding NO2 is 1. The summed E-state index contributed by atoms with van der Waals surface area (Å²) in [6.07, 6.45) is 3.91. The molecule has 2 bridgehead atoms. The van der Waals surface area contributed by atoms with Crippen molar-refractivity contribution in [2.45, 2.75) is 69.0 Å². The number of halogens is 1. The van der Waals surface area contributed by atoms with E-state index in [1.165, 1.54) is 19.3 Å². The van der Waals surface area contributed by atoms with Crippen molar-refractivity contribution in [3.8, 4) is 5.75 Å². The van der Waals surface area contributed by atoms with Crippen LogP contribution in [0.25, 0.3) is 11.2 Å². The van der Waals surface area contributed by atoms with Gasteiger partial charge in [-0.2, -0.15) is 4.91 Å². The van der Waals surface area contributed by atoms with Crippen LogP contribution in [0, 0.1) is 21.6 Å². The Morgan fingerprint density at radius 3 is 2.71 bits per heavy atom. The molecule has 2 aliphatic heterocycles. The van der Waals surface area contributed by atoms with E-state index < -0.39 is 30.8 Å². The topological polar surface area (TPSA) is 110 Å². The molecular weight excluding hydrogens is 565 g/mol. The zero-order valence-corrected chi connectivity index (χ0v) is 21.2. The summed E-state index contributed by atoms with van der Waals surface area (Å²) in [4.78, 5) is 24.6. The summed E-state index contributed by atoms with van der Waals surface area (Å²) in [6.45, 7) is 1.87. The molecule has 2 saturated heterocycles. The Kier molecular flexibility index (Phi) is 5.13. The predicted octanol–water partition coefficient (Wildman–Crippen LogP) is 4.21. The van der Waals surface area contributed by atoms with E-state index in [0.29, 0.717) is 15.0 Å². The van der Waals surface area contributed by atoms with Gasteiger partial charge < -0.3 is 18.9 Å². The first-order valence-electron chi connectivity index (χ1n) is 11.9. The molecule has 8 rings (SSSR count). The average Bonchev–Trinajstić information content (AvgIpc) is 3.61. The number of imidazole rings is 1. The smallest absolute Gasteiger partial charge is 0.193 e. The SMILES string of the molecule is Cc1nc(I)nc2c1ncn2C1O[C@H](CN=O)[C@H]2OC(c3ccc(OC45CCC(C4)C5)cc3)O[C@@H]12. The van der Waals surface area contributed by atoms with Gasteiger partial charge in [0.25, 0.3) is 0 Å². The van der Waals surface area contributed by atoms with Crippen LogP contribution >= 0.6 is 22.6 Å². The van der Waals surface area contributed by atoms with Crippen LogP contribution in [0.4, 0.5) is 0 Å². The Morgan fingerprint density at radius 1 is 1.17 bits per heavy atom. The van der Waals surface area contributed by atoms with E-state index in [1.807, 2.05) is 35.8 Å². The Balaban J connectivity index is 1.14. The molecule has 5 atom stereocenters. The second-order valence-electron chi connectivity index (χ2n) is 9.98. The van der Waals surface area contributed by atoms with E-state index in [1.54, 1.807) is 6.33 Å². The number of aromatic nitrogens is 4.